The maximum atomic E-state index is 13.2. The van der Waals surface area contributed by atoms with Crippen LogP contribution in [0.3, 0.4) is 0 Å². The standard InChI is InChI=1S/C22H29N3O2/c1-15-6-7-19(16(2)12-15)21(26)24-10-5-8-22(14-24)9-11-25(22)13-20-17(3)23-27-18(20)4/h6-7,12H,5,8-11,13-14H2,1-4H3. The first-order valence-corrected chi connectivity index (χ1v) is 9.93. The van der Waals surface area contributed by atoms with Crippen LogP contribution in [-0.2, 0) is 6.54 Å². The number of hydrogen-bond donors (Lipinski definition) is 0. The van der Waals surface area contributed by atoms with E-state index in [-0.39, 0.29) is 11.4 Å². The first-order valence-electron chi connectivity index (χ1n) is 9.93. The van der Waals surface area contributed by atoms with Gasteiger partial charge < -0.3 is 9.42 Å². The summed E-state index contributed by atoms with van der Waals surface area (Å²) < 4.78 is 5.34. The van der Waals surface area contributed by atoms with E-state index in [0.29, 0.717) is 0 Å². The zero-order chi connectivity index (χ0) is 19.2. The number of benzene rings is 1. The van der Waals surface area contributed by atoms with Crippen molar-refractivity contribution < 1.29 is 9.32 Å². The van der Waals surface area contributed by atoms with Crippen molar-refractivity contribution in [2.75, 3.05) is 19.6 Å². The van der Waals surface area contributed by atoms with E-state index in [4.69, 9.17) is 4.52 Å². The summed E-state index contributed by atoms with van der Waals surface area (Å²) in [5.74, 6) is 1.09. The molecule has 1 aromatic heterocycles. The zero-order valence-electron chi connectivity index (χ0n) is 16.8. The van der Waals surface area contributed by atoms with E-state index in [1.54, 1.807) is 0 Å². The first kappa shape index (κ1) is 18.2. The second kappa shape index (κ2) is 6.79. The van der Waals surface area contributed by atoms with Gasteiger partial charge in [0.15, 0.2) is 0 Å². The van der Waals surface area contributed by atoms with Gasteiger partial charge in [0, 0.05) is 42.8 Å². The van der Waals surface area contributed by atoms with Crippen LogP contribution in [-0.4, -0.2) is 46.0 Å². The van der Waals surface area contributed by atoms with Crippen LogP contribution in [0.2, 0.25) is 0 Å². The molecule has 1 unspecified atom stereocenters. The smallest absolute Gasteiger partial charge is 0.254 e. The van der Waals surface area contributed by atoms with E-state index >= 15 is 0 Å². The van der Waals surface area contributed by atoms with Crippen LogP contribution in [0, 0.1) is 27.7 Å². The normalized spacial score (nSPS) is 22.9. The lowest BCUT2D eigenvalue weighted by molar-refractivity contribution is -0.0651. The maximum Gasteiger partial charge on any atom is 0.254 e. The average Bonchev–Trinajstić information content (AvgIpc) is 2.96. The Balaban J connectivity index is 1.51. The lowest BCUT2D eigenvalue weighted by Crippen LogP contribution is -2.67. The molecule has 5 nitrogen and oxygen atoms in total. The van der Waals surface area contributed by atoms with Crippen LogP contribution in [0.25, 0.3) is 0 Å². The Labute approximate surface area is 161 Å². The molecule has 2 fully saturated rings. The minimum atomic E-state index is 0.114. The van der Waals surface area contributed by atoms with Gasteiger partial charge in [-0.1, -0.05) is 22.9 Å². The Morgan fingerprint density at radius 3 is 2.63 bits per heavy atom. The number of carbonyl (C=O) groups is 1. The third kappa shape index (κ3) is 3.18. The molecule has 1 spiro atoms. The Morgan fingerprint density at radius 1 is 1.19 bits per heavy atom. The summed E-state index contributed by atoms with van der Waals surface area (Å²) in [4.78, 5) is 17.8. The molecule has 4 rings (SSSR count). The molecule has 27 heavy (non-hydrogen) atoms. The largest absolute Gasteiger partial charge is 0.361 e. The van der Waals surface area contributed by atoms with Gasteiger partial charge in [0.25, 0.3) is 5.91 Å². The quantitative estimate of drug-likeness (QED) is 0.828. The third-order valence-corrected chi connectivity index (χ3v) is 6.50. The number of rotatable bonds is 3. The van der Waals surface area contributed by atoms with Crippen LogP contribution in [0.15, 0.2) is 22.7 Å². The number of hydrogen-bond acceptors (Lipinski definition) is 4. The minimum Gasteiger partial charge on any atom is -0.361 e. The van der Waals surface area contributed by atoms with Crippen LogP contribution in [0.5, 0.6) is 0 Å². The molecule has 144 valence electrons. The van der Waals surface area contributed by atoms with Crippen molar-refractivity contribution in [2.45, 2.75) is 59.0 Å². The second-order valence-corrected chi connectivity index (χ2v) is 8.35. The molecule has 3 heterocycles. The molecule has 5 heteroatoms. The van der Waals surface area contributed by atoms with Crippen LogP contribution < -0.4 is 0 Å². The van der Waals surface area contributed by atoms with Crippen LogP contribution >= 0.6 is 0 Å². The molecule has 0 radical (unpaired) electrons. The molecule has 2 aromatic rings. The molecule has 1 amide bonds. The van der Waals surface area contributed by atoms with Crippen molar-refractivity contribution in [2.24, 2.45) is 0 Å². The molecule has 2 aliphatic rings. The van der Waals surface area contributed by atoms with E-state index in [9.17, 15) is 4.79 Å². The zero-order valence-corrected chi connectivity index (χ0v) is 16.8. The number of piperidine rings is 1. The highest BCUT2D eigenvalue weighted by atomic mass is 16.5. The molecular weight excluding hydrogens is 338 g/mol. The van der Waals surface area contributed by atoms with Gasteiger partial charge in [0.1, 0.15) is 5.76 Å². The molecule has 2 saturated heterocycles. The minimum absolute atomic E-state index is 0.114. The summed E-state index contributed by atoms with van der Waals surface area (Å²) in [7, 11) is 0. The Kier molecular flexibility index (Phi) is 4.58. The lowest BCUT2D eigenvalue weighted by atomic mass is 9.77. The van der Waals surface area contributed by atoms with E-state index in [0.717, 1.165) is 68.0 Å². The van der Waals surface area contributed by atoms with Gasteiger partial charge in [0.05, 0.1) is 5.69 Å². The monoisotopic (exact) mass is 367 g/mol. The van der Waals surface area contributed by atoms with Crippen molar-refractivity contribution in [3.05, 3.63) is 51.9 Å². The van der Waals surface area contributed by atoms with Crippen LogP contribution in [0.1, 0.15) is 57.8 Å². The third-order valence-electron chi connectivity index (χ3n) is 6.50. The molecule has 0 N–H and O–H groups in total. The van der Waals surface area contributed by atoms with Gasteiger partial charge in [-0.2, -0.15) is 0 Å². The fourth-order valence-electron chi connectivity index (χ4n) is 4.72. The van der Waals surface area contributed by atoms with Crippen molar-refractivity contribution in [1.82, 2.24) is 15.0 Å². The van der Waals surface area contributed by atoms with Gasteiger partial charge >= 0.3 is 0 Å². The number of aromatic nitrogens is 1. The number of aryl methyl sites for hydroxylation is 4. The van der Waals surface area contributed by atoms with E-state index < -0.39 is 0 Å². The Bertz CT molecular complexity index is 853. The average molecular weight is 367 g/mol. The molecular formula is C22H29N3O2. The SMILES string of the molecule is Cc1ccc(C(=O)N2CCCC3(CCN3Cc3c(C)noc3C)C2)c(C)c1. The molecule has 0 aliphatic carbocycles. The van der Waals surface area contributed by atoms with Gasteiger partial charge in [-0.15, -0.1) is 0 Å². The molecule has 1 atom stereocenters. The highest BCUT2D eigenvalue weighted by Gasteiger charge is 2.48. The predicted octanol–water partition coefficient (Wildman–Crippen LogP) is 3.79. The Hall–Kier alpha value is -2.14. The highest BCUT2D eigenvalue weighted by molar-refractivity contribution is 5.95. The summed E-state index contributed by atoms with van der Waals surface area (Å²) in [6.07, 6.45) is 3.38. The van der Waals surface area contributed by atoms with Crippen LogP contribution in [0.4, 0.5) is 0 Å². The number of carbonyl (C=O) groups excluding carboxylic acids is 1. The van der Waals surface area contributed by atoms with Gasteiger partial charge in [-0.25, -0.2) is 0 Å². The number of amides is 1. The maximum absolute atomic E-state index is 13.2. The fourth-order valence-corrected chi connectivity index (χ4v) is 4.72. The van der Waals surface area contributed by atoms with Gasteiger partial charge in [-0.3, -0.25) is 9.69 Å². The summed E-state index contributed by atoms with van der Waals surface area (Å²) in [6.45, 7) is 11.7. The molecule has 0 bridgehead atoms. The summed E-state index contributed by atoms with van der Waals surface area (Å²) >= 11 is 0. The predicted molar refractivity (Wildman–Crippen MR) is 105 cm³/mol. The summed E-state index contributed by atoms with van der Waals surface area (Å²) in [5, 5.41) is 4.09. The van der Waals surface area contributed by atoms with E-state index in [1.165, 1.54) is 11.1 Å². The fraction of sp³-hybridized carbons (Fsp3) is 0.545. The second-order valence-electron chi connectivity index (χ2n) is 8.35. The van der Waals surface area contributed by atoms with E-state index in [2.05, 4.69) is 27.9 Å². The van der Waals surface area contributed by atoms with Gasteiger partial charge in [0.2, 0.25) is 0 Å². The number of nitrogens with zero attached hydrogens (tertiary/aromatic N) is 3. The first-order chi connectivity index (χ1) is 12.9. The lowest BCUT2D eigenvalue weighted by Gasteiger charge is -2.57. The summed E-state index contributed by atoms with van der Waals surface area (Å²) in [6, 6.07) is 6.11. The topological polar surface area (TPSA) is 49.6 Å². The molecule has 1 aromatic carbocycles. The van der Waals surface area contributed by atoms with Crippen molar-refractivity contribution in [1.29, 1.82) is 0 Å². The van der Waals surface area contributed by atoms with Gasteiger partial charge in [-0.05, 0) is 58.6 Å². The molecule has 2 aliphatic heterocycles. The molecule has 0 saturated carbocycles. The summed E-state index contributed by atoms with van der Waals surface area (Å²) in [5.41, 5.74) is 5.40. The number of likely N-dealkylation sites (tertiary alicyclic amines) is 2. The van der Waals surface area contributed by atoms with Crippen molar-refractivity contribution in [3.8, 4) is 0 Å². The van der Waals surface area contributed by atoms with E-state index in [1.807, 2.05) is 32.9 Å². The van der Waals surface area contributed by atoms with Crippen molar-refractivity contribution >= 4 is 5.91 Å². The highest BCUT2D eigenvalue weighted by Crippen LogP contribution is 2.40. The Morgan fingerprint density at radius 2 is 2.00 bits per heavy atom. The van der Waals surface area contributed by atoms with Crippen molar-refractivity contribution in [3.63, 3.8) is 0 Å².